The van der Waals surface area contributed by atoms with Crippen molar-refractivity contribution in [2.45, 2.75) is 19.8 Å². The Balaban J connectivity index is 2.75. The van der Waals surface area contributed by atoms with Crippen LogP contribution in [0, 0.1) is 0 Å². The highest BCUT2D eigenvalue weighted by molar-refractivity contribution is 9.10. The summed E-state index contributed by atoms with van der Waals surface area (Å²) in [4.78, 5) is 4.22. The van der Waals surface area contributed by atoms with Crippen LogP contribution in [0.3, 0.4) is 0 Å². The lowest BCUT2D eigenvalue weighted by Crippen LogP contribution is -1.88. The molecule has 0 unspecified atom stereocenters. The fourth-order valence-electron chi connectivity index (χ4n) is 1.38. The molecular formula is C10H10BrNO. The fourth-order valence-corrected chi connectivity index (χ4v) is 1.76. The molecule has 2 rings (SSSR count). The molecule has 0 aliphatic heterocycles. The zero-order valence-corrected chi connectivity index (χ0v) is 9.13. The van der Waals surface area contributed by atoms with Gasteiger partial charge >= 0.3 is 0 Å². The summed E-state index contributed by atoms with van der Waals surface area (Å²) in [5.41, 5.74) is 3.01. The van der Waals surface area contributed by atoms with Gasteiger partial charge in [-0.05, 0) is 27.9 Å². The molecule has 3 heteroatoms. The van der Waals surface area contributed by atoms with E-state index in [9.17, 15) is 0 Å². The molecule has 68 valence electrons. The first-order chi connectivity index (χ1) is 6.18. The van der Waals surface area contributed by atoms with E-state index in [1.807, 2.05) is 18.3 Å². The molecule has 2 heterocycles. The van der Waals surface area contributed by atoms with Gasteiger partial charge in [-0.1, -0.05) is 13.8 Å². The van der Waals surface area contributed by atoms with Crippen molar-refractivity contribution in [3.05, 3.63) is 28.6 Å². The second kappa shape index (κ2) is 3.14. The van der Waals surface area contributed by atoms with E-state index in [1.54, 1.807) is 0 Å². The molecule has 0 amide bonds. The van der Waals surface area contributed by atoms with Crippen LogP contribution in [0.4, 0.5) is 0 Å². The van der Waals surface area contributed by atoms with Crippen molar-refractivity contribution >= 4 is 27.0 Å². The van der Waals surface area contributed by atoms with Gasteiger partial charge in [-0.2, -0.15) is 0 Å². The molecule has 0 aliphatic rings. The minimum absolute atomic E-state index is 0.462. The van der Waals surface area contributed by atoms with E-state index in [1.165, 1.54) is 5.56 Å². The molecule has 0 aliphatic carbocycles. The quantitative estimate of drug-likeness (QED) is 0.759. The lowest BCUT2D eigenvalue weighted by atomic mass is 10.0. The van der Waals surface area contributed by atoms with Crippen LogP contribution in [0.25, 0.3) is 11.1 Å². The minimum Gasteiger partial charge on any atom is -0.447 e. The highest BCUT2D eigenvalue weighted by Crippen LogP contribution is 2.28. The van der Waals surface area contributed by atoms with Crippen LogP contribution in [0.2, 0.25) is 0 Å². The van der Waals surface area contributed by atoms with Crippen molar-refractivity contribution in [2.75, 3.05) is 0 Å². The van der Waals surface area contributed by atoms with Gasteiger partial charge in [0, 0.05) is 17.8 Å². The van der Waals surface area contributed by atoms with Crippen molar-refractivity contribution in [1.82, 2.24) is 4.98 Å². The fraction of sp³-hybridized carbons (Fsp3) is 0.300. The van der Waals surface area contributed by atoms with Crippen LogP contribution >= 0.6 is 15.9 Å². The van der Waals surface area contributed by atoms with Crippen LogP contribution in [0.15, 0.2) is 27.4 Å². The van der Waals surface area contributed by atoms with Gasteiger partial charge in [-0.15, -0.1) is 0 Å². The van der Waals surface area contributed by atoms with Gasteiger partial charge in [-0.3, -0.25) is 4.98 Å². The SMILES string of the molecule is CC(C)c1ccnc2cc(Br)oc12. The largest absolute Gasteiger partial charge is 0.447 e. The number of nitrogens with zero attached hydrogens (tertiary/aromatic N) is 1. The summed E-state index contributed by atoms with van der Waals surface area (Å²) in [6.45, 7) is 4.29. The van der Waals surface area contributed by atoms with Gasteiger partial charge in [0.25, 0.3) is 0 Å². The van der Waals surface area contributed by atoms with Crippen molar-refractivity contribution in [2.24, 2.45) is 0 Å². The van der Waals surface area contributed by atoms with E-state index in [4.69, 9.17) is 4.42 Å². The summed E-state index contributed by atoms with van der Waals surface area (Å²) in [7, 11) is 0. The van der Waals surface area contributed by atoms with Crippen molar-refractivity contribution in [1.29, 1.82) is 0 Å². The Morgan fingerprint density at radius 1 is 1.46 bits per heavy atom. The monoisotopic (exact) mass is 239 g/mol. The van der Waals surface area contributed by atoms with Crippen molar-refractivity contribution in [3.63, 3.8) is 0 Å². The molecule has 0 spiro atoms. The van der Waals surface area contributed by atoms with E-state index < -0.39 is 0 Å². The van der Waals surface area contributed by atoms with E-state index >= 15 is 0 Å². The smallest absolute Gasteiger partial charge is 0.172 e. The number of halogens is 1. The molecule has 13 heavy (non-hydrogen) atoms. The molecule has 0 bridgehead atoms. The number of pyridine rings is 1. The molecule has 0 atom stereocenters. The average molecular weight is 240 g/mol. The molecule has 0 N–H and O–H groups in total. The predicted octanol–water partition coefficient (Wildman–Crippen LogP) is 3.71. The summed E-state index contributed by atoms with van der Waals surface area (Å²) >= 11 is 3.30. The van der Waals surface area contributed by atoms with Crippen LogP contribution in [0.1, 0.15) is 25.3 Å². The normalized spacial score (nSPS) is 11.4. The zero-order chi connectivity index (χ0) is 9.42. The number of rotatable bonds is 1. The lowest BCUT2D eigenvalue weighted by Gasteiger charge is -2.03. The highest BCUT2D eigenvalue weighted by Gasteiger charge is 2.09. The van der Waals surface area contributed by atoms with Crippen molar-refractivity contribution < 1.29 is 4.42 Å². The lowest BCUT2D eigenvalue weighted by molar-refractivity contribution is 0.580. The molecule has 0 aromatic carbocycles. The predicted molar refractivity (Wildman–Crippen MR) is 55.8 cm³/mol. The molecular weight excluding hydrogens is 230 g/mol. The third kappa shape index (κ3) is 1.48. The van der Waals surface area contributed by atoms with Crippen molar-refractivity contribution in [3.8, 4) is 0 Å². The van der Waals surface area contributed by atoms with Gasteiger partial charge in [0.05, 0.1) is 0 Å². The van der Waals surface area contributed by atoms with Gasteiger partial charge < -0.3 is 4.42 Å². The van der Waals surface area contributed by atoms with E-state index in [0.717, 1.165) is 15.8 Å². The molecule has 0 saturated carbocycles. The summed E-state index contributed by atoms with van der Waals surface area (Å²) in [5.74, 6) is 0.462. The van der Waals surface area contributed by atoms with E-state index in [2.05, 4.69) is 34.8 Å². The van der Waals surface area contributed by atoms with Gasteiger partial charge in [0.15, 0.2) is 10.3 Å². The van der Waals surface area contributed by atoms with E-state index in [0.29, 0.717) is 5.92 Å². The van der Waals surface area contributed by atoms with Crippen LogP contribution in [0.5, 0.6) is 0 Å². The third-order valence-corrected chi connectivity index (χ3v) is 2.43. The maximum absolute atomic E-state index is 5.51. The Morgan fingerprint density at radius 2 is 2.23 bits per heavy atom. The van der Waals surface area contributed by atoms with Gasteiger partial charge in [0.2, 0.25) is 0 Å². The molecule has 2 nitrogen and oxygen atoms in total. The first kappa shape index (κ1) is 8.75. The molecule has 0 saturated heterocycles. The van der Waals surface area contributed by atoms with Gasteiger partial charge in [0.1, 0.15) is 5.52 Å². The standard InChI is InChI=1S/C10H10BrNO/c1-6(2)7-3-4-12-8-5-9(11)13-10(7)8/h3-6H,1-2H3. The minimum atomic E-state index is 0.462. The molecule has 2 aromatic heterocycles. The number of fused-ring (bicyclic) bond motifs is 1. The van der Waals surface area contributed by atoms with Crippen LogP contribution < -0.4 is 0 Å². The Hall–Kier alpha value is -0.830. The molecule has 0 radical (unpaired) electrons. The maximum atomic E-state index is 5.51. The Bertz CT molecular complexity index is 433. The first-order valence-corrected chi connectivity index (χ1v) is 5.01. The average Bonchev–Trinajstić information content (AvgIpc) is 2.43. The number of furan rings is 1. The summed E-state index contributed by atoms with van der Waals surface area (Å²) in [6, 6.07) is 3.89. The summed E-state index contributed by atoms with van der Waals surface area (Å²) in [5, 5.41) is 0. The molecule has 0 fully saturated rings. The third-order valence-electron chi connectivity index (χ3n) is 2.03. The van der Waals surface area contributed by atoms with E-state index in [-0.39, 0.29) is 0 Å². The summed E-state index contributed by atoms with van der Waals surface area (Å²) < 4.78 is 6.25. The number of hydrogen-bond acceptors (Lipinski definition) is 2. The Morgan fingerprint density at radius 3 is 2.92 bits per heavy atom. The number of hydrogen-bond donors (Lipinski definition) is 0. The highest BCUT2D eigenvalue weighted by atomic mass is 79.9. The van der Waals surface area contributed by atoms with Crippen LogP contribution in [-0.2, 0) is 0 Å². The summed E-state index contributed by atoms with van der Waals surface area (Å²) in [6.07, 6.45) is 1.82. The molecule has 2 aromatic rings. The Labute approximate surface area is 85.1 Å². The van der Waals surface area contributed by atoms with Crippen LogP contribution in [-0.4, -0.2) is 4.98 Å². The first-order valence-electron chi connectivity index (χ1n) is 4.22. The number of aromatic nitrogens is 1. The van der Waals surface area contributed by atoms with Gasteiger partial charge in [-0.25, -0.2) is 0 Å². The Kier molecular flexibility index (Phi) is 2.12. The second-order valence-corrected chi connectivity index (χ2v) is 4.10. The topological polar surface area (TPSA) is 26.0 Å². The maximum Gasteiger partial charge on any atom is 0.172 e. The zero-order valence-electron chi connectivity index (χ0n) is 7.54. The second-order valence-electron chi connectivity index (χ2n) is 3.32.